The lowest BCUT2D eigenvalue weighted by molar-refractivity contribution is 0.0695. The second-order valence-corrected chi connectivity index (χ2v) is 3.99. The highest BCUT2D eigenvalue weighted by Gasteiger charge is 2.16. The molecule has 2 aromatic rings. The van der Waals surface area contributed by atoms with E-state index >= 15 is 0 Å². The van der Waals surface area contributed by atoms with Crippen LogP contribution in [0.1, 0.15) is 33.3 Å². The summed E-state index contributed by atoms with van der Waals surface area (Å²) in [5.41, 5.74) is 7.04. The van der Waals surface area contributed by atoms with E-state index in [0.717, 1.165) is 0 Å². The van der Waals surface area contributed by atoms with E-state index in [-0.39, 0.29) is 5.56 Å². The maximum atomic E-state index is 11.1. The van der Waals surface area contributed by atoms with Crippen LogP contribution in [-0.2, 0) is 6.42 Å². The number of nitrogens with two attached hydrogens (primary N) is 1. The molecule has 0 bridgehead atoms. The summed E-state index contributed by atoms with van der Waals surface area (Å²) in [6.07, 6.45) is 1.86. The minimum atomic E-state index is -1.00. The summed E-state index contributed by atoms with van der Waals surface area (Å²) in [4.78, 5) is 22.0. The molecule has 0 fully saturated rings. The third kappa shape index (κ3) is 2.33. The van der Waals surface area contributed by atoms with Crippen molar-refractivity contribution in [2.75, 3.05) is 0 Å². The van der Waals surface area contributed by atoms with Gasteiger partial charge in [0.05, 0.1) is 17.6 Å². The summed E-state index contributed by atoms with van der Waals surface area (Å²) in [5.74, 6) is -1.51. The highest BCUT2D eigenvalue weighted by atomic mass is 16.4. The standard InChI is InChI=1S/C13H13N3O3/c1-2-11-10(13(18)19)7-15-16(11)9-5-3-8(4-6-9)12(14)17/h3-7H,2H2,1H3,(H2,14,17)(H,18,19). The highest BCUT2D eigenvalue weighted by Crippen LogP contribution is 2.16. The summed E-state index contributed by atoms with van der Waals surface area (Å²) in [6, 6.07) is 6.52. The van der Waals surface area contributed by atoms with Crippen molar-refractivity contribution in [3.8, 4) is 5.69 Å². The van der Waals surface area contributed by atoms with Crippen LogP contribution in [0.15, 0.2) is 30.5 Å². The number of hydrogen-bond acceptors (Lipinski definition) is 3. The smallest absolute Gasteiger partial charge is 0.339 e. The SMILES string of the molecule is CCc1c(C(=O)O)cnn1-c1ccc(C(N)=O)cc1. The molecule has 2 rings (SSSR count). The fraction of sp³-hybridized carbons (Fsp3) is 0.154. The first-order valence-electron chi connectivity index (χ1n) is 5.75. The van der Waals surface area contributed by atoms with Crippen LogP contribution in [0.2, 0.25) is 0 Å². The number of nitrogens with zero attached hydrogens (tertiary/aromatic N) is 2. The minimum Gasteiger partial charge on any atom is -0.478 e. The number of carbonyl (C=O) groups is 2. The Hall–Kier alpha value is -2.63. The number of rotatable bonds is 4. The van der Waals surface area contributed by atoms with E-state index < -0.39 is 11.9 Å². The van der Waals surface area contributed by atoms with E-state index in [9.17, 15) is 9.59 Å². The van der Waals surface area contributed by atoms with Gasteiger partial charge in [0.1, 0.15) is 5.56 Å². The van der Waals surface area contributed by atoms with Gasteiger partial charge in [-0.05, 0) is 30.7 Å². The molecule has 1 aromatic heterocycles. The molecule has 6 nitrogen and oxygen atoms in total. The summed E-state index contributed by atoms with van der Waals surface area (Å²) < 4.78 is 1.55. The number of carbonyl (C=O) groups excluding carboxylic acids is 1. The summed E-state index contributed by atoms with van der Waals surface area (Å²) in [7, 11) is 0. The molecule has 0 saturated heterocycles. The number of aromatic nitrogens is 2. The van der Waals surface area contributed by atoms with Gasteiger partial charge < -0.3 is 10.8 Å². The molecule has 6 heteroatoms. The molecule has 19 heavy (non-hydrogen) atoms. The average Bonchev–Trinajstić information content (AvgIpc) is 2.82. The van der Waals surface area contributed by atoms with Gasteiger partial charge in [0, 0.05) is 5.56 Å². The normalized spacial score (nSPS) is 10.4. The van der Waals surface area contributed by atoms with E-state index in [2.05, 4.69) is 5.10 Å². The van der Waals surface area contributed by atoms with Gasteiger partial charge >= 0.3 is 5.97 Å². The van der Waals surface area contributed by atoms with Crippen molar-refractivity contribution in [3.63, 3.8) is 0 Å². The molecule has 1 heterocycles. The number of carboxylic acid groups (broad SMARTS) is 1. The van der Waals surface area contributed by atoms with Crippen LogP contribution in [-0.4, -0.2) is 26.8 Å². The zero-order valence-corrected chi connectivity index (χ0v) is 10.3. The van der Waals surface area contributed by atoms with Crippen LogP contribution in [0, 0.1) is 0 Å². The van der Waals surface area contributed by atoms with Crippen molar-refractivity contribution in [1.82, 2.24) is 9.78 Å². The minimum absolute atomic E-state index is 0.182. The fourth-order valence-electron chi connectivity index (χ4n) is 1.88. The van der Waals surface area contributed by atoms with Gasteiger partial charge in [-0.25, -0.2) is 9.48 Å². The van der Waals surface area contributed by atoms with Crippen LogP contribution < -0.4 is 5.73 Å². The van der Waals surface area contributed by atoms with Gasteiger partial charge in [0.25, 0.3) is 0 Å². The Morgan fingerprint density at radius 3 is 2.42 bits per heavy atom. The molecule has 0 aliphatic heterocycles. The average molecular weight is 259 g/mol. The lowest BCUT2D eigenvalue weighted by Crippen LogP contribution is -2.11. The summed E-state index contributed by atoms with van der Waals surface area (Å²) in [6.45, 7) is 1.86. The van der Waals surface area contributed by atoms with Crippen LogP contribution in [0.25, 0.3) is 5.69 Å². The Balaban J connectivity index is 2.47. The highest BCUT2D eigenvalue weighted by molar-refractivity contribution is 5.93. The van der Waals surface area contributed by atoms with Gasteiger partial charge in [-0.15, -0.1) is 0 Å². The van der Waals surface area contributed by atoms with Crippen molar-refractivity contribution >= 4 is 11.9 Å². The third-order valence-corrected chi connectivity index (χ3v) is 2.83. The molecule has 0 radical (unpaired) electrons. The van der Waals surface area contributed by atoms with E-state index in [1.165, 1.54) is 6.20 Å². The van der Waals surface area contributed by atoms with E-state index in [1.54, 1.807) is 28.9 Å². The van der Waals surface area contributed by atoms with Crippen LogP contribution >= 0.6 is 0 Å². The largest absolute Gasteiger partial charge is 0.478 e. The van der Waals surface area contributed by atoms with E-state index in [1.807, 2.05) is 6.92 Å². The lowest BCUT2D eigenvalue weighted by atomic mass is 10.1. The van der Waals surface area contributed by atoms with Gasteiger partial charge in [0.2, 0.25) is 5.91 Å². The van der Waals surface area contributed by atoms with Crippen LogP contribution in [0.3, 0.4) is 0 Å². The van der Waals surface area contributed by atoms with Crippen molar-refractivity contribution in [2.24, 2.45) is 5.73 Å². The lowest BCUT2D eigenvalue weighted by Gasteiger charge is -2.07. The Morgan fingerprint density at radius 1 is 1.32 bits per heavy atom. The molecule has 3 N–H and O–H groups in total. The zero-order valence-electron chi connectivity index (χ0n) is 10.3. The van der Waals surface area contributed by atoms with Gasteiger partial charge in [0.15, 0.2) is 0 Å². The zero-order chi connectivity index (χ0) is 14.0. The molecule has 1 aromatic carbocycles. The number of primary amides is 1. The van der Waals surface area contributed by atoms with E-state index in [4.69, 9.17) is 10.8 Å². The molecule has 0 unspecified atom stereocenters. The summed E-state index contributed by atoms with van der Waals surface area (Å²) in [5, 5.41) is 13.1. The Bertz CT molecular complexity index is 629. The maximum Gasteiger partial charge on any atom is 0.339 e. The second-order valence-electron chi connectivity index (χ2n) is 3.99. The van der Waals surface area contributed by atoms with Crippen LogP contribution in [0.5, 0.6) is 0 Å². The molecule has 0 atom stereocenters. The molecular weight excluding hydrogens is 246 g/mol. The molecule has 0 saturated carbocycles. The topological polar surface area (TPSA) is 98.2 Å². The van der Waals surface area contributed by atoms with Crippen molar-refractivity contribution < 1.29 is 14.7 Å². The first kappa shape index (κ1) is 12.8. The molecular formula is C13H13N3O3. The Morgan fingerprint density at radius 2 is 1.95 bits per heavy atom. The number of benzene rings is 1. The molecule has 98 valence electrons. The molecule has 0 aliphatic carbocycles. The van der Waals surface area contributed by atoms with Gasteiger partial charge in [-0.3, -0.25) is 4.79 Å². The predicted molar refractivity (Wildman–Crippen MR) is 68.4 cm³/mol. The molecule has 0 aliphatic rings. The molecule has 1 amide bonds. The Kier molecular flexibility index (Phi) is 3.33. The quantitative estimate of drug-likeness (QED) is 0.862. The van der Waals surface area contributed by atoms with Gasteiger partial charge in [-0.2, -0.15) is 5.10 Å². The Labute approximate surface area is 109 Å². The third-order valence-electron chi connectivity index (χ3n) is 2.83. The van der Waals surface area contributed by atoms with E-state index in [0.29, 0.717) is 23.4 Å². The molecule has 0 spiro atoms. The number of aromatic carboxylic acids is 1. The number of hydrogen-bond donors (Lipinski definition) is 2. The first-order chi connectivity index (χ1) is 9.04. The fourth-order valence-corrected chi connectivity index (χ4v) is 1.88. The van der Waals surface area contributed by atoms with Crippen LogP contribution in [0.4, 0.5) is 0 Å². The van der Waals surface area contributed by atoms with Crippen molar-refractivity contribution in [1.29, 1.82) is 0 Å². The second kappa shape index (κ2) is 4.93. The maximum absolute atomic E-state index is 11.1. The number of carboxylic acids is 1. The summed E-state index contributed by atoms with van der Waals surface area (Å²) >= 11 is 0. The predicted octanol–water partition coefficient (Wildman–Crippen LogP) is 1.23. The first-order valence-corrected chi connectivity index (χ1v) is 5.75. The number of amides is 1. The van der Waals surface area contributed by atoms with Crippen molar-refractivity contribution in [2.45, 2.75) is 13.3 Å². The monoisotopic (exact) mass is 259 g/mol. The van der Waals surface area contributed by atoms with Crippen molar-refractivity contribution in [3.05, 3.63) is 47.3 Å². The van der Waals surface area contributed by atoms with Gasteiger partial charge in [-0.1, -0.05) is 6.92 Å².